The number of rotatable bonds is 4. The maximum Gasteiger partial charge on any atom is 0.239 e. The number of hydrogen-bond donors (Lipinski definition) is 2. The van der Waals surface area contributed by atoms with Crippen molar-refractivity contribution in [3.8, 4) is 0 Å². The molecule has 0 spiro atoms. The minimum Gasteiger partial charge on any atom is -0.354 e. The van der Waals surface area contributed by atoms with E-state index in [-0.39, 0.29) is 11.4 Å². The normalized spacial score (nSPS) is 29.4. The number of carbonyl (C=O) groups is 1. The fourth-order valence-corrected chi connectivity index (χ4v) is 3.33. The molecule has 1 amide bonds. The summed E-state index contributed by atoms with van der Waals surface area (Å²) in [7, 11) is 0. The highest BCUT2D eigenvalue weighted by molar-refractivity contribution is 5.85. The maximum absolute atomic E-state index is 12.5. The van der Waals surface area contributed by atoms with Gasteiger partial charge >= 0.3 is 0 Å². The molecule has 1 saturated heterocycles. The zero-order chi connectivity index (χ0) is 13.9. The van der Waals surface area contributed by atoms with Crippen LogP contribution in [0.4, 0.5) is 0 Å². The lowest BCUT2D eigenvalue weighted by molar-refractivity contribution is -0.132. The zero-order valence-corrected chi connectivity index (χ0v) is 12.7. The molecular weight excluding hydrogens is 238 g/mol. The molecule has 1 aliphatic carbocycles. The van der Waals surface area contributed by atoms with Crippen LogP contribution in [0.3, 0.4) is 0 Å². The van der Waals surface area contributed by atoms with Crippen LogP contribution in [-0.4, -0.2) is 49.1 Å². The van der Waals surface area contributed by atoms with Crippen LogP contribution >= 0.6 is 0 Å². The first-order valence-electron chi connectivity index (χ1n) is 7.76. The Kier molecular flexibility index (Phi) is 4.85. The van der Waals surface area contributed by atoms with E-state index in [1.54, 1.807) is 0 Å². The summed E-state index contributed by atoms with van der Waals surface area (Å²) in [5.41, 5.74) is -0.385. The van der Waals surface area contributed by atoms with Gasteiger partial charge in [-0.15, -0.1) is 0 Å². The second-order valence-corrected chi connectivity index (χ2v) is 6.67. The Balaban J connectivity index is 1.83. The Morgan fingerprint density at radius 1 is 1.32 bits per heavy atom. The summed E-state index contributed by atoms with van der Waals surface area (Å²) in [6.45, 7) is 11.1. The molecule has 2 fully saturated rings. The Labute approximate surface area is 117 Å². The number of nitrogens with zero attached hydrogens (tertiary/aromatic N) is 1. The highest BCUT2D eigenvalue weighted by atomic mass is 16.2. The van der Waals surface area contributed by atoms with Crippen LogP contribution < -0.4 is 10.6 Å². The number of amides is 1. The van der Waals surface area contributed by atoms with Gasteiger partial charge in [-0.05, 0) is 32.1 Å². The molecule has 0 aromatic carbocycles. The fraction of sp³-hybridized carbons (Fsp3) is 0.933. The SMILES string of the molecule is CC1CCCC1CNC(=O)C(C)(C)N1CCNCC1. The van der Waals surface area contributed by atoms with Crippen LogP contribution in [0.1, 0.15) is 40.0 Å². The molecule has 1 saturated carbocycles. The largest absolute Gasteiger partial charge is 0.354 e. The van der Waals surface area contributed by atoms with Gasteiger partial charge < -0.3 is 10.6 Å². The van der Waals surface area contributed by atoms with E-state index >= 15 is 0 Å². The van der Waals surface area contributed by atoms with Crippen LogP contribution in [-0.2, 0) is 4.79 Å². The molecule has 19 heavy (non-hydrogen) atoms. The van der Waals surface area contributed by atoms with Gasteiger partial charge in [-0.2, -0.15) is 0 Å². The zero-order valence-electron chi connectivity index (χ0n) is 12.7. The Hall–Kier alpha value is -0.610. The van der Waals surface area contributed by atoms with Gasteiger partial charge in [0.2, 0.25) is 5.91 Å². The van der Waals surface area contributed by atoms with Gasteiger partial charge in [0, 0.05) is 32.7 Å². The van der Waals surface area contributed by atoms with Gasteiger partial charge in [0.25, 0.3) is 0 Å². The van der Waals surface area contributed by atoms with E-state index in [4.69, 9.17) is 0 Å². The highest BCUT2D eigenvalue weighted by Gasteiger charge is 2.35. The molecule has 2 unspecified atom stereocenters. The third kappa shape index (κ3) is 3.48. The van der Waals surface area contributed by atoms with Crippen molar-refractivity contribution in [2.24, 2.45) is 11.8 Å². The predicted octanol–water partition coefficient (Wildman–Crippen LogP) is 1.22. The Bertz CT molecular complexity index is 311. The number of nitrogens with one attached hydrogen (secondary N) is 2. The van der Waals surface area contributed by atoms with Gasteiger partial charge in [0.15, 0.2) is 0 Å². The van der Waals surface area contributed by atoms with E-state index in [1.807, 2.05) is 13.8 Å². The van der Waals surface area contributed by atoms with Crippen molar-refractivity contribution in [2.45, 2.75) is 45.6 Å². The standard InChI is InChI=1S/C15H29N3O/c1-12-5-4-6-13(12)11-17-14(19)15(2,3)18-9-7-16-8-10-18/h12-13,16H,4-11H2,1-3H3,(H,17,19). The molecule has 4 heteroatoms. The minimum atomic E-state index is -0.385. The average Bonchev–Trinajstić information content (AvgIpc) is 2.82. The van der Waals surface area contributed by atoms with Gasteiger partial charge in [-0.3, -0.25) is 9.69 Å². The van der Waals surface area contributed by atoms with E-state index in [2.05, 4.69) is 22.5 Å². The third-order valence-electron chi connectivity index (χ3n) is 5.03. The first-order chi connectivity index (χ1) is 9.01. The van der Waals surface area contributed by atoms with Crippen molar-refractivity contribution in [3.63, 3.8) is 0 Å². The molecule has 2 atom stereocenters. The van der Waals surface area contributed by atoms with Gasteiger partial charge in [-0.1, -0.05) is 19.8 Å². The Morgan fingerprint density at radius 2 is 2.00 bits per heavy atom. The van der Waals surface area contributed by atoms with Gasteiger partial charge in [0.05, 0.1) is 5.54 Å². The Morgan fingerprint density at radius 3 is 2.58 bits per heavy atom. The molecule has 1 heterocycles. The van der Waals surface area contributed by atoms with Crippen molar-refractivity contribution in [1.29, 1.82) is 0 Å². The molecule has 0 radical (unpaired) electrons. The van der Waals surface area contributed by atoms with E-state index in [0.29, 0.717) is 5.92 Å². The molecule has 4 nitrogen and oxygen atoms in total. The molecule has 0 aromatic rings. The minimum absolute atomic E-state index is 0.188. The molecule has 0 aromatic heterocycles. The summed E-state index contributed by atoms with van der Waals surface area (Å²) in [6.07, 6.45) is 3.92. The second-order valence-electron chi connectivity index (χ2n) is 6.67. The van der Waals surface area contributed by atoms with Crippen LogP contribution in [0.25, 0.3) is 0 Å². The number of carbonyl (C=O) groups excluding carboxylic acids is 1. The van der Waals surface area contributed by atoms with E-state index < -0.39 is 0 Å². The van der Waals surface area contributed by atoms with Crippen LogP contribution in [0.5, 0.6) is 0 Å². The molecule has 2 aliphatic rings. The second kappa shape index (κ2) is 6.23. The van der Waals surface area contributed by atoms with Gasteiger partial charge in [0.1, 0.15) is 0 Å². The summed E-state index contributed by atoms with van der Waals surface area (Å²) >= 11 is 0. The van der Waals surface area contributed by atoms with Crippen molar-refractivity contribution >= 4 is 5.91 Å². The lowest BCUT2D eigenvalue weighted by Gasteiger charge is -2.40. The molecule has 0 bridgehead atoms. The monoisotopic (exact) mass is 267 g/mol. The average molecular weight is 267 g/mol. The smallest absolute Gasteiger partial charge is 0.239 e. The lowest BCUT2D eigenvalue weighted by atomic mass is 9.96. The number of piperazine rings is 1. The molecule has 1 aliphatic heterocycles. The van der Waals surface area contributed by atoms with Crippen LogP contribution in [0, 0.1) is 11.8 Å². The predicted molar refractivity (Wildman–Crippen MR) is 78.0 cm³/mol. The van der Waals surface area contributed by atoms with Crippen molar-refractivity contribution < 1.29 is 4.79 Å². The van der Waals surface area contributed by atoms with Crippen molar-refractivity contribution in [1.82, 2.24) is 15.5 Å². The third-order valence-corrected chi connectivity index (χ3v) is 5.03. The highest BCUT2D eigenvalue weighted by Crippen LogP contribution is 2.30. The van der Waals surface area contributed by atoms with Crippen molar-refractivity contribution in [3.05, 3.63) is 0 Å². The fourth-order valence-electron chi connectivity index (χ4n) is 3.33. The maximum atomic E-state index is 12.5. The van der Waals surface area contributed by atoms with E-state index in [9.17, 15) is 4.79 Å². The quantitative estimate of drug-likeness (QED) is 0.805. The van der Waals surface area contributed by atoms with E-state index in [0.717, 1.165) is 38.6 Å². The van der Waals surface area contributed by atoms with Crippen LogP contribution in [0.15, 0.2) is 0 Å². The summed E-state index contributed by atoms with van der Waals surface area (Å²) < 4.78 is 0. The summed E-state index contributed by atoms with van der Waals surface area (Å²) in [6, 6.07) is 0. The first kappa shape index (κ1) is 14.8. The topological polar surface area (TPSA) is 44.4 Å². The summed E-state index contributed by atoms with van der Waals surface area (Å²) in [5.74, 6) is 1.64. The summed E-state index contributed by atoms with van der Waals surface area (Å²) in [5, 5.41) is 6.53. The van der Waals surface area contributed by atoms with Gasteiger partial charge in [-0.25, -0.2) is 0 Å². The molecule has 2 rings (SSSR count). The summed E-state index contributed by atoms with van der Waals surface area (Å²) in [4.78, 5) is 14.7. The van der Waals surface area contributed by atoms with Crippen molar-refractivity contribution in [2.75, 3.05) is 32.7 Å². The lowest BCUT2D eigenvalue weighted by Crippen LogP contribution is -2.60. The number of hydrogen-bond acceptors (Lipinski definition) is 3. The molecule has 2 N–H and O–H groups in total. The molecular formula is C15H29N3O. The van der Waals surface area contributed by atoms with E-state index in [1.165, 1.54) is 19.3 Å². The molecule has 110 valence electrons. The first-order valence-corrected chi connectivity index (χ1v) is 7.76. The van der Waals surface area contributed by atoms with Crippen LogP contribution in [0.2, 0.25) is 0 Å².